The number of para-hydroxylation sites is 1. The third-order valence-electron chi connectivity index (χ3n) is 2.18. The van der Waals surface area contributed by atoms with Crippen molar-refractivity contribution in [1.82, 2.24) is 4.98 Å². The van der Waals surface area contributed by atoms with Crippen molar-refractivity contribution in [3.8, 4) is 0 Å². The van der Waals surface area contributed by atoms with Gasteiger partial charge in [-0.15, -0.1) is 0 Å². The number of benzene rings is 1. The molecule has 0 unspecified atom stereocenters. The maximum Gasteiger partial charge on any atom is 0.213 e. The van der Waals surface area contributed by atoms with Crippen molar-refractivity contribution in [3.63, 3.8) is 0 Å². The van der Waals surface area contributed by atoms with Crippen LogP contribution < -0.4 is 0 Å². The number of hydrogen-bond acceptors (Lipinski definition) is 3. The Hall–Kier alpha value is -1.90. The smallest absolute Gasteiger partial charge is 0.213 e. The van der Waals surface area contributed by atoms with Crippen LogP contribution in [0, 0.1) is 5.41 Å². The van der Waals surface area contributed by atoms with Gasteiger partial charge in [-0.25, -0.2) is 0 Å². The fourth-order valence-corrected chi connectivity index (χ4v) is 1.52. The summed E-state index contributed by atoms with van der Waals surface area (Å²) >= 11 is 0. The van der Waals surface area contributed by atoms with E-state index in [1.807, 2.05) is 31.2 Å². The summed E-state index contributed by atoms with van der Waals surface area (Å²) in [5.74, 6) is 0.205. The summed E-state index contributed by atoms with van der Waals surface area (Å²) in [7, 11) is 0. The maximum atomic E-state index is 7.76. The zero-order chi connectivity index (χ0) is 10.7. The molecule has 0 spiro atoms. The molecule has 0 aliphatic carbocycles. The third-order valence-corrected chi connectivity index (χ3v) is 2.18. The molecule has 0 aliphatic rings. The molecule has 0 saturated heterocycles. The zero-order valence-corrected chi connectivity index (χ0v) is 8.53. The van der Waals surface area contributed by atoms with Gasteiger partial charge in [0, 0.05) is 17.1 Å². The molecule has 2 aromatic rings. The number of ether oxygens (including phenoxy) is 1. The molecule has 0 saturated carbocycles. The predicted molar refractivity (Wildman–Crippen MR) is 60.2 cm³/mol. The highest BCUT2D eigenvalue weighted by Crippen LogP contribution is 2.16. The van der Waals surface area contributed by atoms with Crippen LogP contribution in [0.3, 0.4) is 0 Å². The van der Waals surface area contributed by atoms with Gasteiger partial charge in [-0.2, -0.15) is 0 Å². The zero-order valence-electron chi connectivity index (χ0n) is 8.53. The summed E-state index contributed by atoms with van der Waals surface area (Å²) < 4.78 is 5.19. The first-order valence-corrected chi connectivity index (χ1v) is 4.88. The second-order valence-electron chi connectivity index (χ2n) is 3.14. The first kappa shape index (κ1) is 9.65. The molecular weight excluding hydrogens is 188 g/mol. The Morgan fingerprint density at radius 1 is 1.33 bits per heavy atom. The lowest BCUT2D eigenvalue weighted by atomic mass is 10.1. The Kier molecular flexibility index (Phi) is 2.63. The van der Waals surface area contributed by atoms with Crippen LogP contribution in [0.5, 0.6) is 0 Å². The molecule has 15 heavy (non-hydrogen) atoms. The topological polar surface area (TPSA) is 46.0 Å². The SMILES string of the molecule is CCOC(=N)c1ccnc2ccccc12. The number of rotatable bonds is 2. The molecule has 0 bridgehead atoms. The molecule has 0 radical (unpaired) electrons. The highest BCUT2D eigenvalue weighted by atomic mass is 16.5. The summed E-state index contributed by atoms with van der Waals surface area (Å²) in [4.78, 5) is 4.23. The van der Waals surface area contributed by atoms with E-state index < -0.39 is 0 Å². The Labute approximate surface area is 88.2 Å². The minimum absolute atomic E-state index is 0.205. The van der Waals surface area contributed by atoms with E-state index in [2.05, 4.69) is 4.98 Å². The van der Waals surface area contributed by atoms with Gasteiger partial charge in [-0.1, -0.05) is 18.2 Å². The molecule has 3 nitrogen and oxygen atoms in total. The van der Waals surface area contributed by atoms with Gasteiger partial charge >= 0.3 is 0 Å². The van der Waals surface area contributed by atoms with Crippen molar-refractivity contribution < 1.29 is 4.74 Å². The first-order valence-electron chi connectivity index (χ1n) is 4.88. The standard InChI is InChI=1S/C12H12N2O/c1-2-15-12(13)10-7-8-14-11-6-4-3-5-9(10)11/h3-8,13H,2H2,1H3. The minimum Gasteiger partial charge on any atom is -0.478 e. The van der Waals surface area contributed by atoms with Gasteiger partial charge in [0.05, 0.1) is 12.1 Å². The Balaban J connectivity index is 2.56. The van der Waals surface area contributed by atoms with Crippen molar-refractivity contribution in [2.45, 2.75) is 6.92 Å². The van der Waals surface area contributed by atoms with Gasteiger partial charge in [0.25, 0.3) is 0 Å². The molecular formula is C12H12N2O. The molecule has 2 rings (SSSR count). The molecule has 1 N–H and O–H groups in total. The average Bonchev–Trinajstić information content (AvgIpc) is 2.28. The van der Waals surface area contributed by atoms with Crippen LogP contribution in [0.2, 0.25) is 0 Å². The second kappa shape index (κ2) is 4.09. The Morgan fingerprint density at radius 2 is 2.13 bits per heavy atom. The van der Waals surface area contributed by atoms with E-state index in [0.29, 0.717) is 6.61 Å². The van der Waals surface area contributed by atoms with Crippen LogP contribution in [0.25, 0.3) is 10.9 Å². The minimum atomic E-state index is 0.205. The molecule has 1 aromatic carbocycles. The Bertz CT molecular complexity index is 488. The Morgan fingerprint density at radius 3 is 2.93 bits per heavy atom. The summed E-state index contributed by atoms with van der Waals surface area (Å²) in [5.41, 5.74) is 1.68. The number of nitrogens with zero attached hydrogens (tertiary/aromatic N) is 1. The molecule has 1 heterocycles. The van der Waals surface area contributed by atoms with E-state index >= 15 is 0 Å². The van der Waals surface area contributed by atoms with Gasteiger partial charge in [-0.3, -0.25) is 10.4 Å². The van der Waals surface area contributed by atoms with E-state index in [4.69, 9.17) is 10.1 Å². The lowest BCUT2D eigenvalue weighted by molar-refractivity contribution is 0.326. The highest BCUT2D eigenvalue weighted by Gasteiger charge is 2.06. The summed E-state index contributed by atoms with van der Waals surface area (Å²) in [6.07, 6.45) is 1.70. The summed E-state index contributed by atoms with van der Waals surface area (Å²) in [6, 6.07) is 9.56. The van der Waals surface area contributed by atoms with Crippen LogP contribution in [0.1, 0.15) is 12.5 Å². The number of nitrogens with one attached hydrogen (secondary N) is 1. The largest absolute Gasteiger partial charge is 0.478 e. The molecule has 0 aliphatic heterocycles. The number of pyridine rings is 1. The molecule has 0 atom stereocenters. The van der Waals surface area contributed by atoms with Crippen molar-refractivity contribution >= 4 is 16.8 Å². The van der Waals surface area contributed by atoms with Crippen molar-refractivity contribution in [3.05, 3.63) is 42.1 Å². The summed E-state index contributed by atoms with van der Waals surface area (Å²) in [5, 5.41) is 8.72. The predicted octanol–water partition coefficient (Wildman–Crippen LogP) is 2.60. The van der Waals surface area contributed by atoms with Gasteiger partial charge in [0.2, 0.25) is 5.90 Å². The maximum absolute atomic E-state index is 7.76. The fraction of sp³-hybridized carbons (Fsp3) is 0.167. The van der Waals surface area contributed by atoms with Crippen molar-refractivity contribution in [1.29, 1.82) is 5.41 Å². The quantitative estimate of drug-likeness (QED) is 0.598. The van der Waals surface area contributed by atoms with E-state index in [1.54, 1.807) is 12.3 Å². The molecule has 3 heteroatoms. The van der Waals surface area contributed by atoms with E-state index in [9.17, 15) is 0 Å². The van der Waals surface area contributed by atoms with Gasteiger partial charge in [0.1, 0.15) is 0 Å². The van der Waals surface area contributed by atoms with Crippen LogP contribution in [-0.4, -0.2) is 17.5 Å². The first-order chi connectivity index (χ1) is 7.33. The second-order valence-corrected chi connectivity index (χ2v) is 3.14. The van der Waals surface area contributed by atoms with Crippen molar-refractivity contribution in [2.75, 3.05) is 6.61 Å². The van der Waals surface area contributed by atoms with Gasteiger partial charge in [-0.05, 0) is 19.1 Å². The van der Waals surface area contributed by atoms with Crippen LogP contribution in [0.15, 0.2) is 36.5 Å². The molecule has 0 fully saturated rings. The van der Waals surface area contributed by atoms with Crippen LogP contribution >= 0.6 is 0 Å². The van der Waals surface area contributed by atoms with Gasteiger partial charge < -0.3 is 4.74 Å². The van der Waals surface area contributed by atoms with Crippen molar-refractivity contribution in [2.24, 2.45) is 0 Å². The highest BCUT2D eigenvalue weighted by molar-refractivity contribution is 6.04. The normalized spacial score (nSPS) is 10.2. The fourth-order valence-electron chi connectivity index (χ4n) is 1.52. The van der Waals surface area contributed by atoms with Crippen LogP contribution in [0.4, 0.5) is 0 Å². The molecule has 76 valence electrons. The lowest BCUT2D eigenvalue weighted by Gasteiger charge is -2.07. The molecule has 1 aromatic heterocycles. The monoisotopic (exact) mass is 200 g/mol. The van der Waals surface area contributed by atoms with E-state index in [-0.39, 0.29) is 5.90 Å². The number of fused-ring (bicyclic) bond motifs is 1. The molecule has 0 amide bonds. The average molecular weight is 200 g/mol. The van der Waals surface area contributed by atoms with E-state index in [1.165, 1.54) is 0 Å². The van der Waals surface area contributed by atoms with Crippen LogP contribution in [-0.2, 0) is 4.74 Å². The lowest BCUT2D eigenvalue weighted by Crippen LogP contribution is -2.05. The van der Waals surface area contributed by atoms with Gasteiger partial charge in [0.15, 0.2) is 0 Å². The summed E-state index contributed by atoms with van der Waals surface area (Å²) in [6.45, 7) is 2.38. The number of hydrogen-bond donors (Lipinski definition) is 1. The number of aromatic nitrogens is 1. The third kappa shape index (κ3) is 1.81. The van der Waals surface area contributed by atoms with E-state index in [0.717, 1.165) is 16.5 Å².